The first-order valence-corrected chi connectivity index (χ1v) is 6.01. The van der Waals surface area contributed by atoms with Crippen LogP contribution in [0.4, 0.5) is 5.82 Å². The Kier molecular flexibility index (Phi) is 3.85. The molecule has 0 aliphatic carbocycles. The van der Waals surface area contributed by atoms with Gasteiger partial charge in [-0.05, 0) is 24.1 Å². The van der Waals surface area contributed by atoms with E-state index < -0.39 is 0 Å². The van der Waals surface area contributed by atoms with E-state index in [1.54, 1.807) is 31.1 Å². The SMILES string of the molecule is COc1cc(CC(=O)Nc2ccn(C)n2)ccc1C. The van der Waals surface area contributed by atoms with Crippen LogP contribution in [-0.4, -0.2) is 22.8 Å². The number of carbonyl (C=O) groups excluding carboxylic acids is 1. The minimum Gasteiger partial charge on any atom is -0.496 e. The topological polar surface area (TPSA) is 56.1 Å². The molecule has 0 atom stereocenters. The minimum atomic E-state index is -0.0930. The number of nitrogens with one attached hydrogen (secondary N) is 1. The molecule has 2 rings (SSSR count). The molecular weight excluding hydrogens is 242 g/mol. The van der Waals surface area contributed by atoms with Crippen LogP contribution in [0.3, 0.4) is 0 Å². The number of rotatable bonds is 4. The van der Waals surface area contributed by atoms with E-state index in [2.05, 4.69) is 10.4 Å². The number of hydrogen-bond acceptors (Lipinski definition) is 3. The monoisotopic (exact) mass is 259 g/mol. The second kappa shape index (κ2) is 5.56. The summed E-state index contributed by atoms with van der Waals surface area (Å²) in [5, 5.41) is 6.85. The summed E-state index contributed by atoms with van der Waals surface area (Å²) < 4.78 is 6.88. The average Bonchev–Trinajstić information content (AvgIpc) is 2.77. The normalized spacial score (nSPS) is 10.3. The van der Waals surface area contributed by atoms with Crippen molar-refractivity contribution in [3.8, 4) is 5.75 Å². The van der Waals surface area contributed by atoms with Gasteiger partial charge in [-0.1, -0.05) is 12.1 Å². The summed E-state index contributed by atoms with van der Waals surface area (Å²) in [7, 11) is 3.43. The van der Waals surface area contributed by atoms with E-state index >= 15 is 0 Å². The highest BCUT2D eigenvalue weighted by Crippen LogP contribution is 2.19. The van der Waals surface area contributed by atoms with E-state index in [0.29, 0.717) is 12.2 Å². The van der Waals surface area contributed by atoms with Gasteiger partial charge < -0.3 is 10.1 Å². The molecule has 0 fully saturated rings. The number of aromatic nitrogens is 2. The molecule has 0 radical (unpaired) electrons. The molecular formula is C14H17N3O2. The first-order valence-electron chi connectivity index (χ1n) is 6.01. The van der Waals surface area contributed by atoms with Crippen LogP contribution in [0.15, 0.2) is 30.5 Å². The lowest BCUT2D eigenvalue weighted by Gasteiger charge is -2.07. The lowest BCUT2D eigenvalue weighted by Crippen LogP contribution is -2.15. The lowest BCUT2D eigenvalue weighted by atomic mass is 10.1. The molecule has 1 aromatic heterocycles. The molecule has 1 N–H and O–H groups in total. The number of methoxy groups -OCH3 is 1. The predicted molar refractivity (Wildman–Crippen MR) is 73.3 cm³/mol. The minimum absolute atomic E-state index is 0.0930. The predicted octanol–water partition coefficient (Wildman–Crippen LogP) is 1.92. The van der Waals surface area contributed by atoms with Gasteiger partial charge in [-0.15, -0.1) is 0 Å². The maximum absolute atomic E-state index is 11.9. The van der Waals surface area contributed by atoms with E-state index in [-0.39, 0.29) is 5.91 Å². The van der Waals surface area contributed by atoms with Crippen LogP contribution in [0.25, 0.3) is 0 Å². The first kappa shape index (κ1) is 13.1. The largest absolute Gasteiger partial charge is 0.496 e. The number of carbonyl (C=O) groups is 1. The molecule has 1 aromatic carbocycles. The van der Waals surface area contributed by atoms with Crippen LogP contribution >= 0.6 is 0 Å². The van der Waals surface area contributed by atoms with Gasteiger partial charge in [0.25, 0.3) is 0 Å². The molecule has 0 saturated carbocycles. The Morgan fingerprint density at radius 1 is 1.42 bits per heavy atom. The Morgan fingerprint density at radius 2 is 2.21 bits per heavy atom. The van der Waals surface area contributed by atoms with Gasteiger partial charge in [-0.2, -0.15) is 5.10 Å². The molecule has 0 aliphatic rings. The third kappa shape index (κ3) is 3.34. The van der Waals surface area contributed by atoms with E-state index in [1.807, 2.05) is 25.1 Å². The van der Waals surface area contributed by atoms with E-state index in [1.165, 1.54) is 0 Å². The molecule has 5 nitrogen and oxygen atoms in total. The molecule has 0 unspecified atom stereocenters. The Hall–Kier alpha value is -2.30. The molecule has 2 aromatic rings. The summed E-state index contributed by atoms with van der Waals surface area (Å²) in [6.07, 6.45) is 2.08. The van der Waals surface area contributed by atoms with Crippen LogP contribution in [-0.2, 0) is 18.3 Å². The van der Waals surface area contributed by atoms with Crippen molar-refractivity contribution in [3.63, 3.8) is 0 Å². The van der Waals surface area contributed by atoms with Crippen molar-refractivity contribution in [1.29, 1.82) is 0 Å². The summed E-state index contributed by atoms with van der Waals surface area (Å²) >= 11 is 0. The van der Waals surface area contributed by atoms with Crippen LogP contribution in [0, 0.1) is 6.92 Å². The fraction of sp³-hybridized carbons (Fsp3) is 0.286. The lowest BCUT2D eigenvalue weighted by molar-refractivity contribution is -0.115. The van der Waals surface area contributed by atoms with Crippen LogP contribution in [0.5, 0.6) is 5.75 Å². The number of benzene rings is 1. The van der Waals surface area contributed by atoms with Gasteiger partial charge in [0.05, 0.1) is 13.5 Å². The van der Waals surface area contributed by atoms with Crippen molar-refractivity contribution in [2.24, 2.45) is 7.05 Å². The number of ether oxygens (including phenoxy) is 1. The quantitative estimate of drug-likeness (QED) is 0.912. The van der Waals surface area contributed by atoms with Crippen molar-refractivity contribution >= 4 is 11.7 Å². The van der Waals surface area contributed by atoms with Crippen molar-refractivity contribution in [3.05, 3.63) is 41.6 Å². The smallest absolute Gasteiger partial charge is 0.229 e. The number of amides is 1. The molecule has 0 bridgehead atoms. The third-order valence-electron chi connectivity index (χ3n) is 2.82. The van der Waals surface area contributed by atoms with Gasteiger partial charge in [-0.3, -0.25) is 9.48 Å². The average molecular weight is 259 g/mol. The fourth-order valence-corrected chi connectivity index (χ4v) is 1.83. The van der Waals surface area contributed by atoms with Crippen LogP contribution in [0.1, 0.15) is 11.1 Å². The maximum atomic E-state index is 11.9. The Labute approximate surface area is 112 Å². The van der Waals surface area contributed by atoms with Crippen LogP contribution in [0.2, 0.25) is 0 Å². The maximum Gasteiger partial charge on any atom is 0.229 e. The van der Waals surface area contributed by atoms with Crippen molar-refractivity contribution in [1.82, 2.24) is 9.78 Å². The van der Waals surface area contributed by atoms with Gasteiger partial charge in [-0.25, -0.2) is 0 Å². The second-order valence-electron chi connectivity index (χ2n) is 4.40. The molecule has 100 valence electrons. The Bertz CT molecular complexity index is 590. The zero-order chi connectivity index (χ0) is 13.8. The molecule has 1 amide bonds. The number of nitrogens with zero attached hydrogens (tertiary/aromatic N) is 2. The highest BCUT2D eigenvalue weighted by molar-refractivity contribution is 5.91. The van der Waals surface area contributed by atoms with Gasteiger partial charge in [0.1, 0.15) is 5.75 Å². The fourth-order valence-electron chi connectivity index (χ4n) is 1.83. The number of aryl methyl sites for hydroxylation is 2. The van der Waals surface area contributed by atoms with E-state index in [4.69, 9.17) is 4.74 Å². The van der Waals surface area contributed by atoms with Crippen LogP contribution < -0.4 is 10.1 Å². The molecule has 19 heavy (non-hydrogen) atoms. The van der Waals surface area contributed by atoms with E-state index in [0.717, 1.165) is 16.9 Å². The van der Waals surface area contributed by atoms with Crippen molar-refractivity contribution in [2.45, 2.75) is 13.3 Å². The molecule has 5 heteroatoms. The summed E-state index contributed by atoms with van der Waals surface area (Å²) in [5.74, 6) is 1.26. The first-order chi connectivity index (χ1) is 9.08. The molecule has 0 spiro atoms. The van der Waals surface area contributed by atoms with Crippen molar-refractivity contribution in [2.75, 3.05) is 12.4 Å². The van der Waals surface area contributed by atoms with E-state index in [9.17, 15) is 4.79 Å². The zero-order valence-electron chi connectivity index (χ0n) is 11.3. The Morgan fingerprint density at radius 3 is 2.84 bits per heavy atom. The number of anilines is 1. The summed E-state index contributed by atoms with van der Waals surface area (Å²) in [6.45, 7) is 1.97. The molecule has 0 aliphatic heterocycles. The third-order valence-corrected chi connectivity index (χ3v) is 2.82. The summed E-state index contributed by atoms with van der Waals surface area (Å²) in [5.41, 5.74) is 1.97. The highest BCUT2D eigenvalue weighted by atomic mass is 16.5. The van der Waals surface area contributed by atoms with Gasteiger partial charge in [0.15, 0.2) is 5.82 Å². The number of hydrogen-bond donors (Lipinski definition) is 1. The summed E-state index contributed by atoms with van der Waals surface area (Å²) in [4.78, 5) is 11.9. The summed E-state index contributed by atoms with van der Waals surface area (Å²) in [6, 6.07) is 7.51. The molecule has 0 saturated heterocycles. The van der Waals surface area contributed by atoms with Crippen molar-refractivity contribution < 1.29 is 9.53 Å². The van der Waals surface area contributed by atoms with Gasteiger partial charge >= 0.3 is 0 Å². The highest BCUT2D eigenvalue weighted by Gasteiger charge is 2.07. The Balaban J connectivity index is 2.02. The molecule has 1 heterocycles. The zero-order valence-corrected chi connectivity index (χ0v) is 11.3. The standard InChI is InChI=1S/C14H17N3O2/c1-10-4-5-11(8-12(10)19-3)9-14(18)15-13-6-7-17(2)16-13/h4-8H,9H2,1-3H3,(H,15,16,18). The second-order valence-corrected chi connectivity index (χ2v) is 4.40. The van der Waals surface area contributed by atoms with Gasteiger partial charge in [0.2, 0.25) is 5.91 Å². The van der Waals surface area contributed by atoms with Gasteiger partial charge in [0, 0.05) is 19.3 Å².